The van der Waals surface area contributed by atoms with Crippen molar-refractivity contribution in [1.29, 1.82) is 0 Å². The molecule has 3 rings (SSSR count). The van der Waals surface area contributed by atoms with Crippen molar-refractivity contribution in [2.24, 2.45) is 5.10 Å². The summed E-state index contributed by atoms with van der Waals surface area (Å²) in [6.07, 6.45) is 0.0842. The molecule has 5 nitrogen and oxygen atoms in total. The first kappa shape index (κ1) is 17.0. The van der Waals surface area contributed by atoms with Crippen molar-refractivity contribution in [3.63, 3.8) is 0 Å². The molecule has 1 unspecified atom stereocenters. The molecule has 0 aliphatic rings. The topological polar surface area (TPSA) is 74.8 Å². The maximum atomic E-state index is 11.9. The van der Waals surface area contributed by atoms with Gasteiger partial charge in [0.25, 0.3) is 5.91 Å². The third-order valence-electron chi connectivity index (χ3n) is 3.47. The molecule has 126 valence electrons. The minimum absolute atomic E-state index is 0.462. The molecule has 1 aromatic heterocycles. The van der Waals surface area contributed by atoms with Crippen LogP contribution >= 0.6 is 11.6 Å². The highest BCUT2D eigenvalue weighted by molar-refractivity contribution is 6.30. The van der Waals surface area contributed by atoms with E-state index >= 15 is 0 Å². The second kappa shape index (κ2) is 7.79. The van der Waals surface area contributed by atoms with Gasteiger partial charge in [-0.1, -0.05) is 54.1 Å². The van der Waals surface area contributed by atoms with Crippen LogP contribution in [0.15, 0.2) is 76.2 Å². The van der Waals surface area contributed by atoms with Crippen molar-refractivity contribution in [1.82, 2.24) is 5.43 Å². The molecular formula is C19H15ClN2O3. The van der Waals surface area contributed by atoms with Crippen LogP contribution in [-0.2, 0) is 4.79 Å². The van der Waals surface area contributed by atoms with Gasteiger partial charge in [-0.2, -0.15) is 5.10 Å². The van der Waals surface area contributed by atoms with Gasteiger partial charge in [0.05, 0.1) is 6.21 Å². The summed E-state index contributed by atoms with van der Waals surface area (Å²) < 4.78 is 5.63. The lowest BCUT2D eigenvalue weighted by Crippen LogP contribution is -2.25. The van der Waals surface area contributed by atoms with Gasteiger partial charge in [0.15, 0.2) is 6.10 Å². The SMILES string of the molecule is O=C(N/N=C/c1ccc(-c2cccc(Cl)c2)o1)C(O)c1ccccc1. The van der Waals surface area contributed by atoms with E-state index in [4.69, 9.17) is 16.0 Å². The first-order chi connectivity index (χ1) is 12.1. The number of hydrogen-bond acceptors (Lipinski definition) is 4. The molecule has 0 aliphatic heterocycles. The Morgan fingerprint density at radius 1 is 1.12 bits per heavy atom. The Hall–Kier alpha value is -2.89. The fourth-order valence-corrected chi connectivity index (χ4v) is 2.42. The number of aliphatic hydroxyl groups is 1. The molecule has 0 saturated heterocycles. The quantitative estimate of drug-likeness (QED) is 0.540. The van der Waals surface area contributed by atoms with Gasteiger partial charge in [0.2, 0.25) is 0 Å². The molecule has 25 heavy (non-hydrogen) atoms. The predicted molar refractivity (Wildman–Crippen MR) is 96.3 cm³/mol. The molecule has 2 N–H and O–H groups in total. The van der Waals surface area contributed by atoms with Gasteiger partial charge >= 0.3 is 0 Å². The smallest absolute Gasteiger partial charge is 0.273 e. The van der Waals surface area contributed by atoms with Crippen LogP contribution in [0.3, 0.4) is 0 Å². The molecule has 0 bridgehead atoms. The molecule has 1 atom stereocenters. The third-order valence-corrected chi connectivity index (χ3v) is 3.70. The monoisotopic (exact) mass is 354 g/mol. The van der Waals surface area contributed by atoms with Gasteiger partial charge in [-0.25, -0.2) is 5.43 Å². The fourth-order valence-electron chi connectivity index (χ4n) is 2.23. The Morgan fingerprint density at radius 3 is 2.68 bits per heavy atom. The van der Waals surface area contributed by atoms with Crippen LogP contribution < -0.4 is 5.43 Å². The summed E-state index contributed by atoms with van der Waals surface area (Å²) in [4.78, 5) is 11.9. The normalized spacial score (nSPS) is 12.2. The number of aliphatic hydroxyl groups excluding tert-OH is 1. The van der Waals surface area contributed by atoms with E-state index in [1.807, 2.05) is 12.1 Å². The molecule has 1 heterocycles. The standard InChI is InChI=1S/C19H15ClN2O3/c20-15-8-4-7-14(11-15)17-10-9-16(25-17)12-21-22-19(24)18(23)13-5-2-1-3-6-13/h1-12,18,23H,(H,22,24)/b21-12+. The van der Waals surface area contributed by atoms with E-state index in [1.54, 1.807) is 54.6 Å². The molecule has 3 aromatic rings. The summed E-state index contributed by atoms with van der Waals surface area (Å²) in [6, 6.07) is 19.4. The van der Waals surface area contributed by atoms with Crippen molar-refractivity contribution < 1.29 is 14.3 Å². The van der Waals surface area contributed by atoms with Gasteiger partial charge in [-0.3, -0.25) is 4.79 Å². The number of carbonyl (C=O) groups is 1. The number of halogens is 1. The number of carbonyl (C=O) groups excluding carboxylic acids is 1. The maximum absolute atomic E-state index is 11.9. The molecule has 0 aliphatic carbocycles. The third kappa shape index (κ3) is 4.35. The number of amides is 1. The minimum Gasteiger partial charge on any atom is -0.455 e. The van der Waals surface area contributed by atoms with Crippen molar-refractivity contribution >= 4 is 23.7 Å². The van der Waals surface area contributed by atoms with Crippen LogP contribution in [-0.4, -0.2) is 17.2 Å². The van der Waals surface area contributed by atoms with Gasteiger partial charge in [0.1, 0.15) is 11.5 Å². The lowest BCUT2D eigenvalue weighted by atomic mass is 10.1. The van der Waals surface area contributed by atoms with E-state index in [0.717, 1.165) is 5.56 Å². The zero-order valence-corrected chi connectivity index (χ0v) is 13.9. The van der Waals surface area contributed by atoms with Crippen molar-refractivity contribution in [3.05, 3.63) is 83.1 Å². The summed E-state index contributed by atoms with van der Waals surface area (Å²) >= 11 is 5.96. The van der Waals surface area contributed by atoms with E-state index in [9.17, 15) is 9.90 Å². The molecule has 0 saturated carbocycles. The summed E-state index contributed by atoms with van der Waals surface area (Å²) in [7, 11) is 0. The van der Waals surface area contributed by atoms with Crippen molar-refractivity contribution in [2.45, 2.75) is 6.10 Å². The zero-order valence-electron chi connectivity index (χ0n) is 13.1. The first-order valence-electron chi connectivity index (χ1n) is 7.55. The van der Waals surface area contributed by atoms with Crippen LogP contribution in [0.4, 0.5) is 0 Å². The molecule has 0 fully saturated rings. The van der Waals surface area contributed by atoms with Crippen molar-refractivity contribution in [3.8, 4) is 11.3 Å². The molecular weight excluding hydrogens is 340 g/mol. The first-order valence-corrected chi connectivity index (χ1v) is 7.93. The summed E-state index contributed by atoms with van der Waals surface area (Å²) in [5, 5.41) is 14.4. The van der Waals surface area contributed by atoms with Crippen LogP contribution in [0.25, 0.3) is 11.3 Å². The Labute approximate surface area is 149 Å². The maximum Gasteiger partial charge on any atom is 0.273 e. The second-order valence-corrected chi connectivity index (χ2v) is 5.70. The van der Waals surface area contributed by atoms with E-state index in [0.29, 0.717) is 22.1 Å². The molecule has 1 amide bonds. The van der Waals surface area contributed by atoms with E-state index in [1.165, 1.54) is 6.21 Å². The Morgan fingerprint density at radius 2 is 1.92 bits per heavy atom. The summed E-state index contributed by atoms with van der Waals surface area (Å²) in [5.74, 6) is 0.480. The number of hydrazone groups is 1. The van der Waals surface area contributed by atoms with Gasteiger partial charge in [-0.05, 0) is 29.8 Å². The highest BCUT2D eigenvalue weighted by Gasteiger charge is 2.16. The van der Waals surface area contributed by atoms with E-state index in [-0.39, 0.29) is 0 Å². The Kier molecular flexibility index (Phi) is 5.28. The number of nitrogens with zero attached hydrogens (tertiary/aromatic N) is 1. The lowest BCUT2D eigenvalue weighted by molar-refractivity contribution is -0.129. The Balaban J connectivity index is 1.62. The van der Waals surface area contributed by atoms with Gasteiger partial charge in [-0.15, -0.1) is 0 Å². The lowest BCUT2D eigenvalue weighted by Gasteiger charge is -2.08. The highest BCUT2D eigenvalue weighted by Crippen LogP contribution is 2.24. The second-order valence-electron chi connectivity index (χ2n) is 5.26. The van der Waals surface area contributed by atoms with Crippen LogP contribution in [0, 0.1) is 0 Å². The number of benzene rings is 2. The van der Waals surface area contributed by atoms with Crippen LogP contribution in [0.5, 0.6) is 0 Å². The highest BCUT2D eigenvalue weighted by atomic mass is 35.5. The molecule has 2 aromatic carbocycles. The summed E-state index contributed by atoms with van der Waals surface area (Å²) in [6.45, 7) is 0. The van der Waals surface area contributed by atoms with Crippen LogP contribution in [0.1, 0.15) is 17.4 Å². The number of furan rings is 1. The predicted octanol–water partition coefficient (Wildman–Crippen LogP) is 3.78. The minimum atomic E-state index is -1.28. The number of rotatable bonds is 5. The average Bonchev–Trinajstić information content (AvgIpc) is 3.11. The van der Waals surface area contributed by atoms with Crippen LogP contribution in [0.2, 0.25) is 5.02 Å². The molecule has 6 heteroatoms. The average molecular weight is 355 g/mol. The fraction of sp³-hybridized carbons (Fsp3) is 0.0526. The van der Waals surface area contributed by atoms with Gasteiger partial charge < -0.3 is 9.52 Å². The van der Waals surface area contributed by atoms with Gasteiger partial charge in [0, 0.05) is 10.6 Å². The zero-order chi connectivity index (χ0) is 17.6. The van der Waals surface area contributed by atoms with E-state index in [2.05, 4.69) is 10.5 Å². The number of hydrogen-bond donors (Lipinski definition) is 2. The molecule has 0 radical (unpaired) electrons. The summed E-state index contributed by atoms with van der Waals surface area (Å²) in [5.41, 5.74) is 3.63. The van der Waals surface area contributed by atoms with E-state index < -0.39 is 12.0 Å². The number of nitrogens with one attached hydrogen (secondary N) is 1. The largest absolute Gasteiger partial charge is 0.455 e. The van der Waals surface area contributed by atoms with Crippen molar-refractivity contribution in [2.75, 3.05) is 0 Å². The molecule has 0 spiro atoms. The Bertz CT molecular complexity index is 890.